The predicted octanol–water partition coefficient (Wildman–Crippen LogP) is 4.00. The van der Waals surface area contributed by atoms with Crippen LogP contribution in [0.1, 0.15) is 36.5 Å². The molecule has 0 radical (unpaired) electrons. The van der Waals surface area contributed by atoms with Crippen molar-refractivity contribution in [1.82, 2.24) is 0 Å². The zero-order valence-corrected chi connectivity index (χ0v) is 11.3. The minimum atomic E-state index is -0.721. The van der Waals surface area contributed by atoms with Gasteiger partial charge in [0.05, 0.1) is 0 Å². The Morgan fingerprint density at radius 3 is 2.59 bits per heavy atom. The first kappa shape index (κ1) is 14.0. The van der Waals surface area contributed by atoms with Gasteiger partial charge in [-0.25, -0.2) is 0 Å². The molecule has 0 aliphatic carbocycles. The maximum absolute atomic E-state index is 10.6. The first-order chi connectivity index (χ1) is 7.90. The van der Waals surface area contributed by atoms with E-state index in [1.165, 1.54) is 11.1 Å². The SMILES string of the molecule is Cc1cc(CCC(C)CC(=O)O)c(C)cc1Cl. The van der Waals surface area contributed by atoms with Crippen LogP contribution in [0.25, 0.3) is 0 Å². The van der Waals surface area contributed by atoms with Crippen LogP contribution in [0.3, 0.4) is 0 Å². The maximum Gasteiger partial charge on any atom is 0.303 e. The van der Waals surface area contributed by atoms with Gasteiger partial charge in [0.2, 0.25) is 0 Å². The molecule has 0 amide bonds. The molecule has 3 heteroatoms. The highest BCUT2D eigenvalue weighted by molar-refractivity contribution is 6.31. The third kappa shape index (κ3) is 4.39. The van der Waals surface area contributed by atoms with Crippen molar-refractivity contribution < 1.29 is 9.90 Å². The Balaban J connectivity index is 2.63. The van der Waals surface area contributed by atoms with Crippen molar-refractivity contribution >= 4 is 17.6 Å². The van der Waals surface area contributed by atoms with Crippen LogP contribution in [-0.2, 0) is 11.2 Å². The average molecular weight is 255 g/mol. The lowest BCUT2D eigenvalue weighted by atomic mass is 9.95. The smallest absolute Gasteiger partial charge is 0.303 e. The summed E-state index contributed by atoms with van der Waals surface area (Å²) < 4.78 is 0. The second kappa shape index (κ2) is 6.06. The minimum Gasteiger partial charge on any atom is -0.481 e. The molecule has 1 rings (SSSR count). The molecule has 1 unspecified atom stereocenters. The van der Waals surface area contributed by atoms with Gasteiger partial charge >= 0.3 is 5.97 Å². The molecule has 1 aromatic rings. The molecule has 2 nitrogen and oxygen atoms in total. The molecule has 17 heavy (non-hydrogen) atoms. The monoisotopic (exact) mass is 254 g/mol. The molecule has 0 bridgehead atoms. The van der Waals surface area contributed by atoms with Gasteiger partial charge in [-0.15, -0.1) is 0 Å². The van der Waals surface area contributed by atoms with Gasteiger partial charge < -0.3 is 5.11 Å². The van der Waals surface area contributed by atoms with E-state index in [1.807, 2.05) is 26.8 Å². The predicted molar refractivity (Wildman–Crippen MR) is 70.7 cm³/mol. The summed E-state index contributed by atoms with van der Waals surface area (Å²) >= 11 is 6.04. The van der Waals surface area contributed by atoms with Gasteiger partial charge in [-0.1, -0.05) is 24.6 Å². The largest absolute Gasteiger partial charge is 0.481 e. The second-order valence-corrected chi connectivity index (χ2v) is 5.18. The van der Waals surface area contributed by atoms with E-state index in [9.17, 15) is 4.79 Å². The van der Waals surface area contributed by atoms with Crippen molar-refractivity contribution in [2.45, 2.75) is 40.0 Å². The van der Waals surface area contributed by atoms with Gasteiger partial charge in [0.15, 0.2) is 0 Å². The number of hydrogen-bond donors (Lipinski definition) is 1. The van der Waals surface area contributed by atoms with E-state index in [2.05, 4.69) is 6.07 Å². The summed E-state index contributed by atoms with van der Waals surface area (Å²) in [6.07, 6.45) is 2.05. The Hall–Kier alpha value is -1.02. The standard InChI is InChI=1S/C14H19ClO2/c1-9(6-14(16)17)4-5-12-7-11(3)13(15)8-10(12)2/h7-9H,4-6H2,1-3H3,(H,16,17). The number of carboxylic acid groups (broad SMARTS) is 1. The molecule has 1 atom stereocenters. The summed E-state index contributed by atoms with van der Waals surface area (Å²) in [5, 5.41) is 9.49. The molecule has 0 aliphatic rings. The topological polar surface area (TPSA) is 37.3 Å². The first-order valence-electron chi connectivity index (χ1n) is 5.87. The van der Waals surface area contributed by atoms with E-state index in [0.717, 1.165) is 23.4 Å². The number of carboxylic acids is 1. The van der Waals surface area contributed by atoms with Gasteiger partial charge in [-0.05, 0) is 55.4 Å². The Morgan fingerprint density at radius 2 is 2.00 bits per heavy atom. The highest BCUT2D eigenvalue weighted by Gasteiger charge is 2.09. The minimum absolute atomic E-state index is 0.211. The number of hydrogen-bond acceptors (Lipinski definition) is 1. The Morgan fingerprint density at radius 1 is 1.35 bits per heavy atom. The van der Waals surface area contributed by atoms with Crippen molar-refractivity contribution in [3.8, 4) is 0 Å². The summed E-state index contributed by atoms with van der Waals surface area (Å²) in [5.41, 5.74) is 3.53. The third-order valence-electron chi connectivity index (χ3n) is 3.05. The van der Waals surface area contributed by atoms with Crippen LogP contribution in [0.4, 0.5) is 0 Å². The molecule has 0 spiro atoms. The number of benzene rings is 1. The quantitative estimate of drug-likeness (QED) is 0.862. The van der Waals surface area contributed by atoms with Gasteiger partial charge in [-0.2, -0.15) is 0 Å². The number of halogens is 1. The summed E-state index contributed by atoms with van der Waals surface area (Å²) in [6, 6.07) is 4.08. The van der Waals surface area contributed by atoms with E-state index in [0.29, 0.717) is 0 Å². The molecular formula is C14H19ClO2. The molecule has 94 valence electrons. The molecular weight excluding hydrogens is 236 g/mol. The van der Waals surface area contributed by atoms with Crippen molar-refractivity contribution in [1.29, 1.82) is 0 Å². The zero-order chi connectivity index (χ0) is 13.0. The van der Waals surface area contributed by atoms with Gasteiger partial charge in [0.25, 0.3) is 0 Å². The van der Waals surface area contributed by atoms with E-state index < -0.39 is 5.97 Å². The lowest BCUT2D eigenvalue weighted by molar-refractivity contribution is -0.138. The zero-order valence-electron chi connectivity index (χ0n) is 10.6. The molecule has 0 saturated carbocycles. The number of aryl methyl sites for hydroxylation is 3. The van der Waals surface area contributed by atoms with Crippen molar-refractivity contribution in [3.63, 3.8) is 0 Å². The molecule has 0 fully saturated rings. The Kier molecular flexibility index (Phi) is 5.01. The van der Waals surface area contributed by atoms with Crippen LogP contribution in [0.15, 0.2) is 12.1 Å². The number of rotatable bonds is 5. The maximum atomic E-state index is 10.6. The fourth-order valence-electron chi connectivity index (χ4n) is 1.91. The van der Waals surface area contributed by atoms with Crippen LogP contribution in [0.2, 0.25) is 5.02 Å². The fraction of sp³-hybridized carbons (Fsp3) is 0.500. The third-order valence-corrected chi connectivity index (χ3v) is 3.45. The Labute approximate surface area is 108 Å². The van der Waals surface area contributed by atoms with Crippen LogP contribution in [-0.4, -0.2) is 11.1 Å². The van der Waals surface area contributed by atoms with Crippen molar-refractivity contribution in [2.75, 3.05) is 0 Å². The molecule has 1 aromatic carbocycles. The second-order valence-electron chi connectivity index (χ2n) is 4.77. The molecule has 0 aromatic heterocycles. The van der Waals surface area contributed by atoms with E-state index in [4.69, 9.17) is 16.7 Å². The number of carbonyl (C=O) groups is 1. The van der Waals surface area contributed by atoms with E-state index >= 15 is 0 Å². The lowest BCUT2D eigenvalue weighted by Crippen LogP contribution is -2.05. The van der Waals surface area contributed by atoms with Gasteiger partial charge in [-0.3, -0.25) is 4.79 Å². The van der Waals surface area contributed by atoms with Crippen molar-refractivity contribution in [3.05, 3.63) is 33.8 Å². The van der Waals surface area contributed by atoms with Gasteiger partial charge in [0, 0.05) is 11.4 Å². The Bertz CT molecular complexity index is 413. The fourth-order valence-corrected chi connectivity index (χ4v) is 2.13. The van der Waals surface area contributed by atoms with Crippen molar-refractivity contribution in [2.24, 2.45) is 5.92 Å². The van der Waals surface area contributed by atoms with Crippen LogP contribution in [0, 0.1) is 19.8 Å². The summed E-state index contributed by atoms with van der Waals surface area (Å²) in [5.74, 6) is -0.510. The number of aliphatic carboxylic acids is 1. The lowest BCUT2D eigenvalue weighted by Gasteiger charge is -2.12. The average Bonchev–Trinajstić information content (AvgIpc) is 2.20. The van der Waals surface area contributed by atoms with E-state index in [1.54, 1.807) is 0 Å². The van der Waals surface area contributed by atoms with Crippen LogP contribution >= 0.6 is 11.6 Å². The highest BCUT2D eigenvalue weighted by atomic mass is 35.5. The normalized spacial score (nSPS) is 12.5. The summed E-state index contributed by atoms with van der Waals surface area (Å²) in [7, 11) is 0. The molecule has 0 saturated heterocycles. The summed E-state index contributed by atoms with van der Waals surface area (Å²) in [6.45, 7) is 6.01. The highest BCUT2D eigenvalue weighted by Crippen LogP contribution is 2.22. The summed E-state index contributed by atoms with van der Waals surface area (Å²) in [4.78, 5) is 10.6. The van der Waals surface area contributed by atoms with E-state index in [-0.39, 0.29) is 12.3 Å². The van der Waals surface area contributed by atoms with Gasteiger partial charge in [0.1, 0.15) is 0 Å². The molecule has 0 heterocycles. The molecule has 0 aliphatic heterocycles. The molecule has 1 N–H and O–H groups in total. The first-order valence-corrected chi connectivity index (χ1v) is 6.25. The van der Waals surface area contributed by atoms with Crippen LogP contribution < -0.4 is 0 Å². The van der Waals surface area contributed by atoms with Crippen LogP contribution in [0.5, 0.6) is 0 Å².